The number of hydrogen-bond donors (Lipinski definition) is 1. The third-order valence-corrected chi connectivity index (χ3v) is 4.49. The SMILES string of the molecule is CCOC(=O)c1cnn(-c2cccc(NC(=O)Cc3ccccc3C)c2)c1C. The van der Waals surface area contributed by atoms with Crippen molar-refractivity contribution >= 4 is 17.6 Å². The van der Waals surface area contributed by atoms with Crippen LogP contribution in [-0.2, 0) is 16.0 Å². The molecule has 6 heteroatoms. The van der Waals surface area contributed by atoms with Gasteiger partial charge in [0.1, 0.15) is 5.56 Å². The molecule has 0 aliphatic carbocycles. The number of nitrogens with zero attached hydrogens (tertiary/aromatic N) is 2. The number of carbonyl (C=O) groups excluding carboxylic acids is 2. The molecule has 1 heterocycles. The zero-order valence-corrected chi connectivity index (χ0v) is 16.2. The summed E-state index contributed by atoms with van der Waals surface area (Å²) in [6.07, 6.45) is 1.81. The predicted molar refractivity (Wildman–Crippen MR) is 108 cm³/mol. The Bertz CT molecular complexity index is 1010. The molecule has 0 fully saturated rings. The second-order valence-electron chi connectivity index (χ2n) is 6.48. The minimum absolute atomic E-state index is 0.0872. The van der Waals surface area contributed by atoms with E-state index in [9.17, 15) is 9.59 Å². The largest absolute Gasteiger partial charge is 0.462 e. The first kappa shape index (κ1) is 19.4. The van der Waals surface area contributed by atoms with Crippen molar-refractivity contribution < 1.29 is 14.3 Å². The zero-order valence-electron chi connectivity index (χ0n) is 16.2. The van der Waals surface area contributed by atoms with Crippen molar-refractivity contribution in [3.8, 4) is 5.69 Å². The van der Waals surface area contributed by atoms with E-state index in [0.29, 0.717) is 30.0 Å². The van der Waals surface area contributed by atoms with E-state index in [1.54, 1.807) is 11.6 Å². The molecule has 28 heavy (non-hydrogen) atoms. The molecule has 6 nitrogen and oxygen atoms in total. The van der Waals surface area contributed by atoms with E-state index in [0.717, 1.165) is 16.8 Å². The summed E-state index contributed by atoms with van der Waals surface area (Å²) >= 11 is 0. The maximum atomic E-state index is 12.4. The summed E-state index contributed by atoms with van der Waals surface area (Å²) in [4.78, 5) is 24.4. The van der Waals surface area contributed by atoms with Gasteiger partial charge in [0.25, 0.3) is 0 Å². The fraction of sp³-hybridized carbons (Fsp3) is 0.227. The van der Waals surface area contributed by atoms with Crippen molar-refractivity contribution in [1.82, 2.24) is 9.78 Å². The summed E-state index contributed by atoms with van der Waals surface area (Å²) in [5.41, 5.74) is 4.62. The molecule has 1 N–H and O–H groups in total. The van der Waals surface area contributed by atoms with Crippen molar-refractivity contribution in [2.75, 3.05) is 11.9 Å². The first-order valence-electron chi connectivity index (χ1n) is 9.16. The third-order valence-electron chi connectivity index (χ3n) is 4.49. The Balaban J connectivity index is 1.77. The number of nitrogens with one attached hydrogen (secondary N) is 1. The lowest BCUT2D eigenvalue weighted by Crippen LogP contribution is -2.15. The molecule has 0 unspecified atom stereocenters. The fourth-order valence-corrected chi connectivity index (χ4v) is 2.98. The number of hydrogen-bond acceptors (Lipinski definition) is 4. The van der Waals surface area contributed by atoms with E-state index in [2.05, 4.69) is 10.4 Å². The number of aryl methyl sites for hydroxylation is 1. The molecule has 3 aromatic rings. The molecule has 1 amide bonds. The average Bonchev–Trinajstić information content (AvgIpc) is 3.05. The van der Waals surface area contributed by atoms with Crippen LogP contribution in [0, 0.1) is 13.8 Å². The molecule has 0 aliphatic heterocycles. The Hall–Kier alpha value is -3.41. The van der Waals surface area contributed by atoms with Gasteiger partial charge in [-0.25, -0.2) is 9.48 Å². The van der Waals surface area contributed by atoms with Crippen LogP contribution in [0.3, 0.4) is 0 Å². The van der Waals surface area contributed by atoms with E-state index >= 15 is 0 Å². The summed E-state index contributed by atoms with van der Waals surface area (Å²) < 4.78 is 6.71. The molecule has 0 spiro atoms. The normalized spacial score (nSPS) is 10.5. The van der Waals surface area contributed by atoms with E-state index < -0.39 is 5.97 Å². The Morgan fingerprint density at radius 2 is 1.89 bits per heavy atom. The highest BCUT2D eigenvalue weighted by molar-refractivity contribution is 5.93. The van der Waals surface area contributed by atoms with Crippen molar-refractivity contribution in [2.24, 2.45) is 0 Å². The van der Waals surface area contributed by atoms with Crippen molar-refractivity contribution in [3.63, 3.8) is 0 Å². The van der Waals surface area contributed by atoms with Gasteiger partial charge in [-0.05, 0) is 50.1 Å². The van der Waals surface area contributed by atoms with Crippen molar-refractivity contribution in [2.45, 2.75) is 27.2 Å². The highest BCUT2D eigenvalue weighted by Gasteiger charge is 2.16. The number of esters is 1. The van der Waals surface area contributed by atoms with Crippen LogP contribution in [0.1, 0.15) is 34.1 Å². The van der Waals surface area contributed by atoms with Gasteiger partial charge in [0.15, 0.2) is 0 Å². The lowest BCUT2D eigenvalue weighted by Gasteiger charge is -2.10. The highest BCUT2D eigenvalue weighted by atomic mass is 16.5. The van der Waals surface area contributed by atoms with Crippen LogP contribution in [0.25, 0.3) is 5.69 Å². The number of carbonyl (C=O) groups is 2. The van der Waals surface area contributed by atoms with Crippen LogP contribution in [-0.4, -0.2) is 28.3 Å². The number of rotatable bonds is 6. The summed E-state index contributed by atoms with van der Waals surface area (Å²) in [5, 5.41) is 7.22. The number of amides is 1. The van der Waals surface area contributed by atoms with Crippen LogP contribution in [0.5, 0.6) is 0 Å². The second kappa shape index (κ2) is 8.52. The Kier molecular flexibility index (Phi) is 5.89. The Morgan fingerprint density at radius 3 is 2.64 bits per heavy atom. The van der Waals surface area contributed by atoms with Crippen molar-refractivity contribution in [3.05, 3.63) is 77.1 Å². The molecule has 0 bridgehead atoms. The smallest absolute Gasteiger partial charge is 0.341 e. The lowest BCUT2D eigenvalue weighted by atomic mass is 10.1. The molecule has 1 aromatic heterocycles. The van der Waals surface area contributed by atoms with E-state index in [1.807, 2.05) is 62.4 Å². The van der Waals surface area contributed by atoms with Gasteiger partial charge in [0.05, 0.1) is 30.6 Å². The Labute approximate surface area is 164 Å². The van der Waals surface area contributed by atoms with Crippen LogP contribution in [0.15, 0.2) is 54.7 Å². The molecule has 144 valence electrons. The molecule has 3 rings (SSSR count). The van der Waals surface area contributed by atoms with Gasteiger partial charge >= 0.3 is 5.97 Å². The van der Waals surface area contributed by atoms with Gasteiger partial charge < -0.3 is 10.1 Å². The standard InChI is InChI=1S/C22H23N3O3/c1-4-28-22(27)20-14-23-25(16(20)3)19-11-7-10-18(13-19)24-21(26)12-17-9-6-5-8-15(17)2/h5-11,13-14H,4,12H2,1-3H3,(H,24,26). The number of aromatic nitrogens is 2. The maximum Gasteiger partial charge on any atom is 0.341 e. The average molecular weight is 377 g/mol. The molecule has 0 saturated carbocycles. The van der Waals surface area contributed by atoms with Gasteiger partial charge in [0.2, 0.25) is 5.91 Å². The maximum absolute atomic E-state index is 12.4. The van der Waals surface area contributed by atoms with E-state index in [1.165, 1.54) is 6.20 Å². The van der Waals surface area contributed by atoms with Crippen molar-refractivity contribution in [1.29, 1.82) is 0 Å². The number of ether oxygens (including phenoxy) is 1. The predicted octanol–water partition coefficient (Wildman–Crippen LogP) is 3.85. The molecule has 0 saturated heterocycles. The highest BCUT2D eigenvalue weighted by Crippen LogP contribution is 2.19. The number of anilines is 1. The molecule has 2 aromatic carbocycles. The molecule has 0 atom stereocenters. The van der Waals surface area contributed by atoms with Gasteiger partial charge in [0, 0.05) is 5.69 Å². The molecule has 0 radical (unpaired) electrons. The molecule has 0 aliphatic rings. The zero-order chi connectivity index (χ0) is 20.1. The quantitative estimate of drug-likeness (QED) is 0.662. The molecular weight excluding hydrogens is 354 g/mol. The van der Waals surface area contributed by atoms with Gasteiger partial charge in [-0.15, -0.1) is 0 Å². The summed E-state index contributed by atoms with van der Waals surface area (Å²) in [5.74, 6) is -0.482. The van der Waals surface area contributed by atoms with Gasteiger partial charge in [-0.3, -0.25) is 4.79 Å². The summed E-state index contributed by atoms with van der Waals surface area (Å²) in [7, 11) is 0. The van der Waals surface area contributed by atoms with Crippen LogP contribution < -0.4 is 5.32 Å². The third kappa shape index (κ3) is 4.28. The van der Waals surface area contributed by atoms with Gasteiger partial charge in [-0.1, -0.05) is 30.3 Å². The number of benzene rings is 2. The van der Waals surface area contributed by atoms with Gasteiger partial charge in [-0.2, -0.15) is 5.10 Å². The minimum atomic E-state index is -0.395. The van der Waals surface area contributed by atoms with E-state index in [4.69, 9.17) is 4.74 Å². The fourth-order valence-electron chi connectivity index (χ4n) is 2.98. The first-order chi connectivity index (χ1) is 13.5. The van der Waals surface area contributed by atoms with Crippen LogP contribution in [0.2, 0.25) is 0 Å². The second-order valence-corrected chi connectivity index (χ2v) is 6.48. The topological polar surface area (TPSA) is 73.2 Å². The van der Waals surface area contributed by atoms with Crippen LogP contribution in [0.4, 0.5) is 5.69 Å². The Morgan fingerprint density at radius 1 is 1.11 bits per heavy atom. The summed E-state index contributed by atoms with van der Waals surface area (Å²) in [6, 6.07) is 15.2. The monoisotopic (exact) mass is 377 g/mol. The summed E-state index contributed by atoms with van der Waals surface area (Å²) in [6.45, 7) is 5.88. The van der Waals surface area contributed by atoms with E-state index in [-0.39, 0.29) is 5.91 Å². The van der Waals surface area contributed by atoms with Crippen LogP contribution >= 0.6 is 0 Å². The first-order valence-corrected chi connectivity index (χ1v) is 9.16. The molecular formula is C22H23N3O3. The lowest BCUT2D eigenvalue weighted by molar-refractivity contribution is -0.115. The minimum Gasteiger partial charge on any atom is -0.462 e.